The van der Waals surface area contributed by atoms with E-state index in [4.69, 9.17) is 0 Å². The molecule has 9 heteroatoms. The normalized spacial score (nSPS) is 12.0. The number of halogens is 1. The Morgan fingerprint density at radius 1 is 0.851 bits per heavy atom. The molecule has 7 nitrogen and oxygen atoms in total. The van der Waals surface area contributed by atoms with Crippen molar-refractivity contribution in [3.63, 3.8) is 0 Å². The van der Waals surface area contributed by atoms with Gasteiger partial charge in [0.1, 0.15) is 18.4 Å². The first-order valence-electron chi connectivity index (χ1n) is 16.0. The van der Waals surface area contributed by atoms with Gasteiger partial charge in [-0.15, -0.1) is 0 Å². The van der Waals surface area contributed by atoms with Crippen molar-refractivity contribution >= 4 is 27.5 Å². The van der Waals surface area contributed by atoms with Gasteiger partial charge >= 0.3 is 0 Å². The minimum Gasteiger partial charge on any atom is -0.354 e. The number of rotatable bonds is 15. The van der Waals surface area contributed by atoms with Gasteiger partial charge in [0.2, 0.25) is 11.8 Å². The fraction of sp³-hybridized carbons (Fsp3) is 0.316. The van der Waals surface area contributed by atoms with Crippen LogP contribution in [0.5, 0.6) is 0 Å². The molecule has 47 heavy (non-hydrogen) atoms. The van der Waals surface area contributed by atoms with E-state index in [2.05, 4.69) is 5.32 Å². The molecule has 4 aromatic rings. The summed E-state index contributed by atoms with van der Waals surface area (Å²) in [6.07, 6.45) is 1.77. The Morgan fingerprint density at radius 2 is 1.49 bits per heavy atom. The Kier molecular flexibility index (Phi) is 12.3. The van der Waals surface area contributed by atoms with E-state index in [1.54, 1.807) is 42.5 Å². The predicted octanol–water partition coefficient (Wildman–Crippen LogP) is 7.01. The Hall–Kier alpha value is -4.50. The van der Waals surface area contributed by atoms with Crippen molar-refractivity contribution in [3.8, 4) is 0 Å². The van der Waals surface area contributed by atoms with Gasteiger partial charge in [-0.1, -0.05) is 106 Å². The van der Waals surface area contributed by atoms with Gasteiger partial charge in [0, 0.05) is 25.1 Å². The summed E-state index contributed by atoms with van der Waals surface area (Å²) >= 11 is 0. The highest BCUT2D eigenvalue weighted by atomic mass is 32.2. The summed E-state index contributed by atoms with van der Waals surface area (Å²) in [6, 6.07) is 27.8. The molecule has 0 aliphatic rings. The third-order valence-electron chi connectivity index (χ3n) is 8.13. The number of carbonyl (C=O) groups is 2. The smallest absolute Gasteiger partial charge is 0.264 e. The first-order valence-corrected chi connectivity index (χ1v) is 17.5. The fourth-order valence-corrected chi connectivity index (χ4v) is 6.68. The van der Waals surface area contributed by atoms with Crippen molar-refractivity contribution in [2.45, 2.75) is 70.4 Å². The van der Waals surface area contributed by atoms with Crippen molar-refractivity contribution in [1.82, 2.24) is 10.2 Å². The van der Waals surface area contributed by atoms with Gasteiger partial charge in [-0.3, -0.25) is 13.9 Å². The number of amides is 2. The average Bonchev–Trinajstić information content (AvgIpc) is 3.06. The van der Waals surface area contributed by atoms with Crippen LogP contribution in [-0.4, -0.2) is 44.3 Å². The monoisotopic (exact) mass is 657 g/mol. The number of hydrogen-bond acceptors (Lipinski definition) is 4. The number of nitrogens with one attached hydrogen (secondary N) is 1. The molecule has 0 spiro atoms. The Labute approximate surface area is 278 Å². The van der Waals surface area contributed by atoms with Crippen molar-refractivity contribution in [2.24, 2.45) is 0 Å². The van der Waals surface area contributed by atoms with E-state index in [1.807, 2.05) is 70.2 Å². The van der Waals surface area contributed by atoms with E-state index in [1.165, 1.54) is 23.1 Å². The molecule has 0 heterocycles. The highest BCUT2D eigenvalue weighted by Crippen LogP contribution is 2.27. The summed E-state index contributed by atoms with van der Waals surface area (Å²) in [5.41, 5.74) is 3.24. The van der Waals surface area contributed by atoms with Crippen molar-refractivity contribution in [1.29, 1.82) is 0 Å². The highest BCUT2D eigenvalue weighted by molar-refractivity contribution is 7.92. The topological polar surface area (TPSA) is 86.8 Å². The molecule has 248 valence electrons. The number of carbonyl (C=O) groups excluding carboxylic acids is 2. The zero-order valence-corrected chi connectivity index (χ0v) is 28.3. The lowest BCUT2D eigenvalue weighted by molar-refractivity contribution is -0.140. The van der Waals surface area contributed by atoms with Gasteiger partial charge in [0.15, 0.2) is 0 Å². The van der Waals surface area contributed by atoms with Crippen molar-refractivity contribution in [3.05, 3.63) is 131 Å². The van der Waals surface area contributed by atoms with Crippen LogP contribution in [0.25, 0.3) is 0 Å². The molecule has 0 unspecified atom stereocenters. The Bertz CT molecular complexity index is 1730. The van der Waals surface area contributed by atoms with Gasteiger partial charge in [-0.05, 0) is 60.7 Å². The van der Waals surface area contributed by atoms with E-state index in [0.29, 0.717) is 12.2 Å². The van der Waals surface area contributed by atoms with Gasteiger partial charge in [-0.2, -0.15) is 0 Å². The number of sulfonamides is 1. The lowest BCUT2D eigenvalue weighted by Crippen LogP contribution is -2.53. The zero-order chi connectivity index (χ0) is 34.0. The number of nitrogens with zero attached hydrogens (tertiary/aromatic N) is 2. The standard InChI is InChI=1S/C38H44FN3O4S/c1-5-6-24-40-38(44)36(25-30-12-8-7-9-13-30)41(26-32-14-10-11-15-35(32)39)37(43)27-42(33-20-18-31(19-21-33)28(2)3)47(45,46)34-22-16-29(4)17-23-34/h7-23,28,36H,5-6,24-27H2,1-4H3,(H,40,44)/t36-/m0/s1. The second-order valence-electron chi connectivity index (χ2n) is 12.0. The molecule has 0 radical (unpaired) electrons. The van der Waals surface area contributed by atoms with Crippen LogP contribution in [0.4, 0.5) is 10.1 Å². The largest absolute Gasteiger partial charge is 0.354 e. The van der Waals surface area contributed by atoms with Crippen LogP contribution < -0.4 is 9.62 Å². The number of unbranched alkanes of at least 4 members (excludes halogenated alkanes) is 1. The van der Waals surface area contributed by atoms with Crippen molar-refractivity contribution < 1.29 is 22.4 Å². The average molecular weight is 658 g/mol. The SMILES string of the molecule is CCCCNC(=O)[C@H](Cc1ccccc1)N(Cc1ccccc1F)C(=O)CN(c1ccc(C(C)C)cc1)S(=O)(=O)c1ccc(C)cc1. The summed E-state index contributed by atoms with van der Waals surface area (Å²) in [6.45, 7) is 7.54. The highest BCUT2D eigenvalue weighted by Gasteiger charge is 2.35. The number of aryl methyl sites for hydroxylation is 1. The van der Waals surface area contributed by atoms with Crippen LogP contribution in [-0.2, 0) is 32.6 Å². The predicted molar refractivity (Wildman–Crippen MR) is 185 cm³/mol. The molecule has 0 saturated carbocycles. The molecule has 0 aliphatic carbocycles. The molecule has 4 rings (SSSR count). The molecule has 2 amide bonds. The van der Waals surface area contributed by atoms with E-state index in [-0.39, 0.29) is 35.2 Å². The first kappa shape index (κ1) is 35.4. The first-order chi connectivity index (χ1) is 22.5. The fourth-order valence-electron chi connectivity index (χ4n) is 5.26. The molecular weight excluding hydrogens is 614 g/mol. The Balaban J connectivity index is 1.80. The number of hydrogen-bond donors (Lipinski definition) is 1. The minimum atomic E-state index is -4.22. The lowest BCUT2D eigenvalue weighted by atomic mass is 10.0. The maximum atomic E-state index is 15.1. The molecule has 0 aromatic heterocycles. The summed E-state index contributed by atoms with van der Waals surface area (Å²) in [4.78, 5) is 29.7. The summed E-state index contributed by atoms with van der Waals surface area (Å²) in [5.74, 6) is -1.33. The summed E-state index contributed by atoms with van der Waals surface area (Å²) < 4.78 is 44.6. The van der Waals surface area contributed by atoms with Crippen LogP contribution >= 0.6 is 0 Å². The van der Waals surface area contributed by atoms with Crippen LogP contribution in [0.15, 0.2) is 108 Å². The van der Waals surface area contributed by atoms with Gasteiger partial charge < -0.3 is 10.2 Å². The molecule has 0 aliphatic heterocycles. The van der Waals surface area contributed by atoms with Gasteiger partial charge in [-0.25, -0.2) is 12.8 Å². The van der Waals surface area contributed by atoms with Crippen LogP contribution in [0.2, 0.25) is 0 Å². The van der Waals surface area contributed by atoms with Crippen molar-refractivity contribution in [2.75, 3.05) is 17.4 Å². The summed E-state index contributed by atoms with van der Waals surface area (Å²) in [5, 5.41) is 2.94. The summed E-state index contributed by atoms with van der Waals surface area (Å²) in [7, 11) is -4.22. The molecule has 0 fully saturated rings. The van der Waals surface area contributed by atoms with Crippen LogP contribution in [0.1, 0.15) is 61.8 Å². The second-order valence-corrected chi connectivity index (χ2v) is 13.9. The second kappa shape index (κ2) is 16.4. The zero-order valence-electron chi connectivity index (χ0n) is 27.5. The van der Waals surface area contributed by atoms with Crippen LogP contribution in [0.3, 0.4) is 0 Å². The minimum absolute atomic E-state index is 0.0302. The van der Waals surface area contributed by atoms with Gasteiger partial charge in [0.05, 0.1) is 10.6 Å². The molecular formula is C38H44FN3O4S. The van der Waals surface area contributed by atoms with E-state index < -0.39 is 34.3 Å². The number of benzene rings is 4. The maximum absolute atomic E-state index is 15.1. The maximum Gasteiger partial charge on any atom is 0.264 e. The molecule has 0 bridgehead atoms. The quantitative estimate of drug-likeness (QED) is 0.139. The van der Waals surface area contributed by atoms with E-state index in [0.717, 1.165) is 33.8 Å². The molecule has 0 saturated heterocycles. The molecule has 4 aromatic carbocycles. The van der Waals surface area contributed by atoms with E-state index in [9.17, 15) is 18.0 Å². The third kappa shape index (κ3) is 9.29. The molecule has 1 N–H and O–H groups in total. The number of anilines is 1. The Morgan fingerprint density at radius 3 is 2.11 bits per heavy atom. The van der Waals surface area contributed by atoms with Gasteiger partial charge in [0.25, 0.3) is 10.0 Å². The van der Waals surface area contributed by atoms with Crippen LogP contribution in [0, 0.1) is 12.7 Å². The molecule has 1 atom stereocenters. The third-order valence-corrected chi connectivity index (χ3v) is 9.92. The lowest BCUT2D eigenvalue weighted by Gasteiger charge is -2.34. The van der Waals surface area contributed by atoms with E-state index >= 15 is 4.39 Å².